The van der Waals surface area contributed by atoms with Gasteiger partial charge in [0.2, 0.25) is 0 Å². The Morgan fingerprint density at radius 1 is 1.29 bits per heavy atom. The summed E-state index contributed by atoms with van der Waals surface area (Å²) in [5, 5.41) is 3.63. The van der Waals surface area contributed by atoms with Crippen LogP contribution in [-0.2, 0) is 0 Å². The van der Waals surface area contributed by atoms with Crippen molar-refractivity contribution in [2.24, 2.45) is 0 Å². The van der Waals surface area contributed by atoms with Crippen LogP contribution < -0.4 is 5.32 Å². The predicted molar refractivity (Wildman–Crippen MR) is 72.0 cm³/mol. The van der Waals surface area contributed by atoms with E-state index in [1.807, 2.05) is 6.07 Å². The van der Waals surface area contributed by atoms with Crippen molar-refractivity contribution in [3.63, 3.8) is 0 Å². The van der Waals surface area contributed by atoms with Crippen LogP contribution in [0.2, 0.25) is 5.02 Å². The van der Waals surface area contributed by atoms with E-state index in [1.165, 1.54) is 18.9 Å². The van der Waals surface area contributed by atoms with Crippen molar-refractivity contribution in [2.75, 3.05) is 6.54 Å². The first kappa shape index (κ1) is 14.5. The molecule has 1 rings (SSSR count). The molecule has 1 aromatic rings. The van der Waals surface area contributed by atoms with Crippen LogP contribution in [0, 0.1) is 5.82 Å². The van der Waals surface area contributed by atoms with E-state index in [0.29, 0.717) is 0 Å². The van der Waals surface area contributed by atoms with Gasteiger partial charge >= 0.3 is 0 Å². The van der Waals surface area contributed by atoms with Crippen LogP contribution in [0.5, 0.6) is 0 Å². The van der Waals surface area contributed by atoms with Crippen LogP contribution in [0.25, 0.3) is 0 Å². The monoisotopic (exact) mass is 257 g/mol. The van der Waals surface area contributed by atoms with Gasteiger partial charge in [-0.1, -0.05) is 56.8 Å². The summed E-state index contributed by atoms with van der Waals surface area (Å²) in [5.41, 5.74) is 0.879. The molecule has 0 saturated heterocycles. The molecule has 0 saturated carbocycles. The van der Waals surface area contributed by atoms with Crippen molar-refractivity contribution in [1.82, 2.24) is 5.32 Å². The van der Waals surface area contributed by atoms with E-state index in [9.17, 15) is 4.39 Å². The lowest BCUT2D eigenvalue weighted by Crippen LogP contribution is -2.21. The van der Waals surface area contributed by atoms with Gasteiger partial charge in [0.05, 0.1) is 5.02 Å². The second-order valence-electron chi connectivity index (χ2n) is 4.25. The van der Waals surface area contributed by atoms with E-state index in [4.69, 9.17) is 11.6 Å². The molecule has 1 unspecified atom stereocenters. The Balaban J connectivity index is 2.77. The van der Waals surface area contributed by atoms with Crippen molar-refractivity contribution in [3.8, 4) is 0 Å². The molecule has 1 aromatic carbocycles. The summed E-state index contributed by atoms with van der Waals surface area (Å²) in [6.45, 7) is 5.10. The minimum atomic E-state index is -0.331. The molecule has 0 aliphatic rings. The Hall–Kier alpha value is -0.600. The molecule has 0 fully saturated rings. The Morgan fingerprint density at radius 3 is 2.71 bits per heavy atom. The third-order valence-electron chi connectivity index (χ3n) is 2.90. The summed E-state index contributed by atoms with van der Waals surface area (Å²) in [7, 11) is 0. The van der Waals surface area contributed by atoms with Crippen LogP contribution >= 0.6 is 11.6 Å². The van der Waals surface area contributed by atoms with E-state index < -0.39 is 0 Å². The number of rotatable bonds is 7. The Bertz CT molecular complexity index is 341. The highest BCUT2D eigenvalue weighted by molar-refractivity contribution is 6.31. The smallest absolute Gasteiger partial charge is 0.142 e. The molecule has 0 aliphatic heterocycles. The normalized spacial score (nSPS) is 12.7. The van der Waals surface area contributed by atoms with Crippen molar-refractivity contribution < 1.29 is 4.39 Å². The second-order valence-corrected chi connectivity index (χ2v) is 4.63. The van der Waals surface area contributed by atoms with Gasteiger partial charge in [0.15, 0.2) is 0 Å². The highest BCUT2D eigenvalue weighted by Crippen LogP contribution is 2.28. The standard InChI is InChI=1S/C14H21ClFN/c1-3-5-6-10-13(17-4-2)11-8-7-9-12(16)14(11)15/h7-9,13,17H,3-6,10H2,1-2H3. The van der Waals surface area contributed by atoms with Gasteiger partial charge in [-0.15, -0.1) is 0 Å². The van der Waals surface area contributed by atoms with Crippen LogP contribution in [0.3, 0.4) is 0 Å². The third-order valence-corrected chi connectivity index (χ3v) is 3.30. The maximum absolute atomic E-state index is 13.4. The highest BCUT2D eigenvalue weighted by atomic mass is 35.5. The Kier molecular flexibility index (Phi) is 6.53. The lowest BCUT2D eigenvalue weighted by atomic mass is 10.00. The molecule has 0 bridgehead atoms. The number of hydrogen-bond acceptors (Lipinski definition) is 1. The SMILES string of the molecule is CCCCCC(NCC)c1cccc(F)c1Cl. The maximum Gasteiger partial charge on any atom is 0.142 e. The van der Waals surface area contributed by atoms with Crippen molar-refractivity contribution >= 4 is 11.6 Å². The molecule has 1 N–H and O–H groups in total. The zero-order chi connectivity index (χ0) is 12.7. The van der Waals surface area contributed by atoms with Gasteiger partial charge in [0.1, 0.15) is 5.82 Å². The second kappa shape index (κ2) is 7.67. The van der Waals surface area contributed by atoms with Crippen LogP contribution in [0.15, 0.2) is 18.2 Å². The summed E-state index contributed by atoms with van der Waals surface area (Å²) in [4.78, 5) is 0. The molecule has 0 radical (unpaired) electrons. The topological polar surface area (TPSA) is 12.0 Å². The lowest BCUT2D eigenvalue weighted by Gasteiger charge is -2.19. The van der Waals surface area contributed by atoms with Gasteiger partial charge in [-0.05, 0) is 24.6 Å². The fraction of sp³-hybridized carbons (Fsp3) is 0.571. The number of benzene rings is 1. The first-order chi connectivity index (χ1) is 8.20. The number of nitrogens with one attached hydrogen (secondary N) is 1. The molecular formula is C14H21ClFN. The Morgan fingerprint density at radius 2 is 2.06 bits per heavy atom. The molecule has 0 spiro atoms. The molecule has 0 aromatic heterocycles. The third kappa shape index (κ3) is 4.29. The molecule has 96 valence electrons. The summed E-state index contributed by atoms with van der Waals surface area (Å²) in [5.74, 6) is -0.331. The summed E-state index contributed by atoms with van der Waals surface area (Å²) in [6.07, 6.45) is 4.54. The molecule has 0 amide bonds. The van der Waals surface area contributed by atoms with E-state index in [2.05, 4.69) is 19.2 Å². The van der Waals surface area contributed by atoms with E-state index >= 15 is 0 Å². The van der Waals surface area contributed by atoms with Gasteiger partial charge in [0, 0.05) is 6.04 Å². The zero-order valence-electron chi connectivity index (χ0n) is 10.6. The number of unbranched alkanes of at least 4 members (excludes halogenated alkanes) is 2. The van der Waals surface area contributed by atoms with Crippen LogP contribution in [-0.4, -0.2) is 6.54 Å². The Labute approximate surface area is 108 Å². The van der Waals surface area contributed by atoms with Gasteiger partial charge in [-0.25, -0.2) is 4.39 Å². The lowest BCUT2D eigenvalue weighted by molar-refractivity contribution is 0.484. The van der Waals surface area contributed by atoms with E-state index in [-0.39, 0.29) is 16.9 Å². The fourth-order valence-corrected chi connectivity index (χ4v) is 2.26. The molecule has 3 heteroatoms. The quantitative estimate of drug-likeness (QED) is 0.698. The minimum Gasteiger partial charge on any atom is -0.310 e. The van der Waals surface area contributed by atoms with Crippen molar-refractivity contribution in [3.05, 3.63) is 34.6 Å². The average molecular weight is 258 g/mol. The van der Waals surface area contributed by atoms with E-state index in [1.54, 1.807) is 6.07 Å². The van der Waals surface area contributed by atoms with Gasteiger partial charge < -0.3 is 5.32 Å². The van der Waals surface area contributed by atoms with Crippen molar-refractivity contribution in [2.45, 2.75) is 45.6 Å². The van der Waals surface area contributed by atoms with Gasteiger partial charge in [-0.2, -0.15) is 0 Å². The number of halogens is 2. The molecular weight excluding hydrogens is 237 g/mol. The summed E-state index contributed by atoms with van der Waals surface area (Å²) >= 11 is 6.02. The zero-order valence-corrected chi connectivity index (χ0v) is 11.4. The predicted octanol–water partition coefficient (Wildman–Crippen LogP) is 4.71. The van der Waals surface area contributed by atoms with Crippen LogP contribution in [0.1, 0.15) is 51.1 Å². The highest BCUT2D eigenvalue weighted by Gasteiger charge is 2.15. The molecule has 1 nitrogen and oxygen atoms in total. The summed E-state index contributed by atoms with van der Waals surface area (Å²) < 4.78 is 13.4. The first-order valence-electron chi connectivity index (χ1n) is 6.38. The fourth-order valence-electron chi connectivity index (χ4n) is 2.00. The maximum atomic E-state index is 13.4. The molecule has 17 heavy (non-hydrogen) atoms. The largest absolute Gasteiger partial charge is 0.310 e. The average Bonchev–Trinajstić information content (AvgIpc) is 2.32. The molecule has 1 atom stereocenters. The van der Waals surface area contributed by atoms with Crippen molar-refractivity contribution in [1.29, 1.82) is 0 Å². The minimum absolute atomic E-state index is 0.162. The molecule has 0 aliphatic carbocycles. The van der Waals surface area contributed by atoms with Gasteiger partial charge in [0.25, 0.3) is 0 Å². The van der Waals surface area contributed by atoms with Gasteiger partial charge in [-0.3, -0.25) is 0 Å². The summed E-state index contributed by atoms with van der Waals surface area (Å²) in [6, 6.07) is 5.20. The first-order valence-corrected chi connectivity index (χ1v) is 6.75. The van der Waals surface area contributed by atoms with E-state index in [0.717, 1.165) is 24.9 Å². The number of hydrogen-bond donors (Lipinski definition) is 1. The van der Waals surface area contributed by atoms with Crippen LogP contribution in [0.4, 0.5) is 4.39 Å². The molecule has 0 heterocycles.